The van der Waals surface area contributed by atoms with Crippen molar-refractivity contribution < 1.29 is 0 Å². The van der Waals surface area contributed by atoms with Gasteiger partial charge in [-0.2, -0.15) is 0 Å². The van der Waals surface area contributed by atoms with Crippen LogP contribution in [0.25, 0.3) is 21.8 Å². The predicted octanol–water partition coefficient (Wildman–Crippen LogP) is 4.55. The van der Waals surface area contributed by atoms with Crippen molar-refractivity contribution in [3.8, 4) is 0 Å². The van der Waals surface area contributed by atoms with Gasteiger partial charge in [0.1, 0.15) is 0 Å². The van der Waals surface area contributed by atoms with Gasteiger partial charge in [-0.15, -0.1) is 0 Å². The van der Waals surface area contributed by atoms with E-state index in [0.29, 0.717) is 0 Å². The van der Waals surface area contributed by atoms with Gasteiger partial charge >= 0.3 is 0 Å². The van der Waals surface area contributed by atoms with Crippen LogP contribution in [0.3, 0.4) is 0 Å². The summed E-state index contributed by atoms with van der Waals surface area (Å²) in [5.41, 5.74) is 3.52. The summed E-state index contributed by atoms with van der Waals surface area (Å²) >= 11 is 6.01. The van der Waals surface area contributed by atoms with Gasteiger partial charge in [0, 0.05) is 26.8 Å². The maximum absolute atomic E-state index is 6.01. The summed E-state index contributed by atoms with van der Waals surface area (Å²) in [6.07, 6.45) is 2.10. The first-order chi connectivity index (χ1) is 7.78. The van der Waals surface area contributed by atoms with Crippen molar-refractivity contribution in [3.05, 3.63) is 53.4 Å². The van der Waals surface area contributed by atoms with Gasteiger partial charge in [0.05, 0.1) is 0 Å². The molecular weight excluding hydrogens is 218 g/mol. The Hall–Kier alpha value is -1.47. The highest BCUT2D eigenvalue weighted by Crippen LogP contribution is 2.28. The topological polar surface area (TPSA) is 15.8 Å². The second-order valence-electron chi connectivity index (χ2n) is 3.91. The number of nitrogens with one attached hydrogen (secondary N) is 1. The molecule has 0 saturated heterocycles. The lowest BCUT2D eigenvalue weighted by Crippen LogP contribution is -1.76. The molecule has 1 heterocycles. The largest absolute Gasteiger partial charge is 0.355 e. The van der Waals surface area contributed by atoms with Crippen molar-refractivity contribution in [2.24, 2.45) is 0 Å². The lowest BCUT2D eigenvalue weighted by molar-refractivity contribution is 1.43. The van der Waals surface area contributed by atoms with Crippen LogP contribution in [0.5, 0.6) is 0 Å². The Balaban J connectivity index is 2.41. The SMILES string of the molecule is C[CH]c1ccc2c(c1)[nH]c1ccc(Cl)cc12. The highest BCUT2D eigenvalue weighted by Gasteiger charge is 2.04. The molecule has 0 spiro atoms. The number of benzene rings is 2. The first kappa shape index (κ1) is 9.73. The quantitative estimate of drug-likeness (QED) is 0.629. The molecule has 3 rings (SSSR count). The van der Waals surface area contributed by atoms with E-state index in [4.69, 9.17) is 11.6 Å². The fourth-order valence-electron chi connectivity index (χ4n) is 2.07. The minimum absolute atomic E-state index is 0.777. The lowest BCUT2D eigenvalue weighted by atomic mass is 10.1. The van der Waals surface area contributed by atoms with Gasteiger partial charge in [0.15, 0.2) is 0 Å². The summed E-state index contributed by atoms with van der Waals surface area (Å²) in [6.45, 7) is 2.04. The van der Waals surface area contributed by atoms with E-state index in [9.17, 15) is 0 Å². The number of hydrogen-bond donors (Lipinski definition) is 1. The third kappa shape index (κ3) is 1.40. The number of H-pyrrole nitrogens is 1. The van der Waals surface area contributed by atoms with Crippen LogP contribution in [-0.4, -0.2) is 4.98 Å². The van der Waals surface area contributed by atoms with Gasteiger partial charge in [-0.25, -0.2) is 0 Å². The minimum Gasteiger partial charge on any atom is -0.355 e. The van der Waals surface area contributed by atoms with Crippen LogP contribution >= 0.6 is 11.6 Å². The smallest absolute Gasteiger partial charge is 0.0467 e. The first-order valence-corrected chi connectivity index (χ1v) is 5.66. The minimum atomic E-state index is 0.777. The number of hydrogen-bond acceptors (Lipinski definition) is 0. The van der Waals surface area contributed by atoms with E-state index >= 15 is 0 Å². The highest BCUT2D eigenvalue weighted by molar-refractivity contribution is 6.31. The molecule has 1 aromatic heterocycles. The molecule has 0 bridgehead atoms. The number of rotatable bonds is 1. The molecule has 1 nitrogen and oxygen atoms in total. The number of fused-ring (bicyclic) bond motifs is 3. The molecule has 3 aromatic rings. The average Bonchev–Trinajstić information content (AvgIpc) is 2.66. The molecule has 1 N–H and O–H groups in total. The zero-order valence-corrected chi connectivity index (χ0v) is 9.68. The van der Waals surface area contributed by atoms with Crippen molar-refractivity contribution in [2.75, 3.05) is 0 Å². The van der Waals surface area contributed by atoms with Crippen LogP contribution in [0.4, 0.5) is 0 Å². The monoisotopic (exact) mass is 228 g/mol. The molecule has 0 amide bonds. The number of halogens is 1. The molecule has 0 aliphatic heterocycles. The summed E-state index contributed by atoms with van der Waals surface area (Å²) < 4.78 is 0. The molecule has 2 heteroatoms. The first-order valence-electron chi connectivity index (χ1n) is 5.28. The van der Waals surface area contributed by atoms with Crippen molar-refractivity contribution in [3.63, 3.8) is 0 Å². The average molecular weight is 229 g/mol. The van der Waals surface area contributed by atoms with Crippen molar-refractivity contribution >= 4 is 33.4 Å². The van der Waals surface area contributed by atoms with Gasteiger partial charge in [0.25, 0.3) is 0 Å². The lowest BCUT2D eigenvalue weighted by Gasteiger charge is -1.96. The number of aromatic amines is 1. The second kappa shape index (κ2) is 3.53. The highest BCUT2D eigenvalue weighted by atomic mass is 35.5. The van der Waals surface area contributed by atoms with E-state index in [2.05, 4.69) is 29.6 Å². The van der Waals surface area contributed by atoms with Crippen molar-refractivity contribution in [2.45, 2.75) is 6.92 Å². The Labute approximate surface area is 99.0 Å². The Morgan fingerprint density at radius 2 is 1.88 bits per heavy atom. The maximum atomic E-state index is 6.01. The van der Waals surface area contributed by atoms with Crippen molar-refractivity contribution in [1.29, 1.82) is 0 Å². The van der Waals surface area contributed by atoms with Gasteiger partial charge < -0.3 is 4.98 Å². The summed E-state index contributed by atoms with van der Waals surface area (Å²) in [7, 11) is 0. The molecule has 0 fully saturated rings. The Kier molecular flexibility index (Phi) is 2.15. The Morgan fingerprint density at radius 1 is 1.00 bits per heavy atom. The van der Waals surface area contributed by atoms with Crippen LogP contribution in [0.15, 0.2) is 36.4 Å². The molecule has 79 valence electrons. The van der Waals surface area contributed by atoms with E-state index in [0.717, 1.165) is 16.1 Å². The maximum Gasteiger partial charge on any atom is 0.0467 e. The molecule has 1 radical (unpaired) electrons. The third-order valence-corrected chi connectivity index (χ3v) is 3.15. The fraction of sp³-hybridized carbons (Fsp3) is 0.0714. The van der Waals surface area contributed by atoms with E-state index in [-0.39, 0.29) is 0 Å². The standard InChI is InChI=1S/C14H11ClN/c1-2-9-3-5-11-12-8-10(15)4-6-13(12)16-14(11)7-9/h2-8,16H,1H3. The predicted molar refractivity (Wildman–Crippen MR) is 69.9 cm³/mol. The van der Waals surface area contributed by atoms with Gasteiger partial charge in [-0.3, -0.25) is 0 Å². The summed E-state index contributed by atoms with van der Waals surface area (Å²) in [5, 5.41) is 3.19. The van der Waals surface area contributed by atoms with Gasteiger partial charge in [-0.05, 0) is 36.2 Å². The summed E-state index contributed by atoms with van der Waals surface area (Å²) in [5.74, 6) is 0. The zero-order chi connectivity index (χ0) is 11.1. The van der Waals surface area contributed by atoms with Crippen LogP contribution in [0.1, 0.15) is 12.5 Å². The van der Waals surface area contributed by atoms with E-state index in [1.807, 2.05) is 25.1 Å². The van der Waals surface area contributed by atoms with Crippen LogP contribution in [0.2, 0.25) is 5.02 Å². The molecule has 0 atom stereocenters. The van der Waals surface area contributed by atoms with Crippen LogP contribution in [0, 0.1) is 6.42 Å². The van der Waals surface area contributed by atoms with E-state index in [1.165, 1.54) is 16.3 Å². The van der Waals surface area contributed by atoms with Gasteiger partial charge in [-0.1, -0.05) is 30.7 Å². The van der Waals surface area contributed by atoms with Crippen molar-refractivity contribution in [1.82, 2.24) is 4.98 Å². The molecule has 2 aromatic carbocycles. The normalized spacial score (nSPS) is 11.4. The molecule has 0 aliphatic carbocycles. The third-order valence-electron chi connectivity index (χ3n) is 2.92. The molecular formula is C14H11ClN. The van der Waals surface area contributed by atoms with E-state index < -0.39 is 0 Å². The molecule has 0 saturated carbocycles. The Bertz CT molecular complexity index is 667. The van der Waals surface area contributed by atoms with Crippen LogP contribution < -0.4 is 0 Å². The van der Waals surface area contributed by atoms with E-state index in [1.54, 1.807) is 0 Å². The van der Waals surface area contributed by atoms with Gasteiger partial charge in [0.2, 0.25) is 0 Å². The molecule has 0 unspecified atom stereocenters. The number of aromatic nitrogens is 1. The Morgan fingerprint density at radius 3 is 2.69 bits per heavy atom. The summed E-state index contributed by atoms with van der Waals surface area (Å²) in [6, 6.07) is 12.4. The zero-order valence-electron chi connectivity index (χ0n) is 8.92. The molecule has 0 aliphatic rings. The molecule has 16 heavy (non-hydrogen) atoms. The second-order valence-corrected chi connectivity index (χ2v) is 4.35. The van der Waals surface area contributed by atoms with Crippen LogP contribution in [-0.2, 0) is 0 Å². The summed E-state index contributed by atoms with van der Waals surface area (Å²) in [4.78, 5) is 3.40. The fourth-order valence-corrected chi connectivity index (χ4v) is 2.25.